The Hall–Kier alpha value is -6.52. The van der Waals surface area contributed by atoms with Crippen molar-refractivity contribution in [2.24, 2.45) is 9.98 Å². The molecule has 1 aromatic heterocycles. The van der Waals surface area contributed by atoms with Crippen molar-refractivity contribution in [1.82, 2.24) is 5.32 Å². The van der Waals surface area contributed by atoms with Gasteiger partial charge >= 0.3 is 0 Å². The molecule has 0 radical (unpaired) electrons. The predicted molar refractivity (Wildman–Crippen MR) is 204 cm³/mol. The summed E-state index contributed by atoms with van der Waals surface area (Å²) in [6.07, 6.45) is -0.398. The van der Waals surface area contributed by atoms with Gasteiger partial charge in [-0.2, -0.15) is 0 Å². The van der Waals surface area contributed by atoms with E-state index in [-0.39, 0.29) is 0 Å². The van der Waals surface area contributed by atoms with Gasteiger partial charge in [0.15, 0.2) is 6.17 Å². The number of aliphatic imine (C=N–C) groups is 2. The van der Waals surface area contributed by atoms with Crippen LogP contribution in [0.1, 0.15) is 22.9 Å². The molecule has 0 saturated carbocycles. The van der Waals surface area contributed by atoms with E-state index in [2.05, 4.69) is 133 Å². The van der Waals surface area contributed by atoms with Crippen LogP contribution in [0, 0.1) is 0 Å². The van der Waals surface area contributed by atoms with Crippen LogP contribution in [0.3, 0.4) is 0 Å². The molecule has 0 saturated heterocycles. The second kappa shape index (κ2) is 11.0. The first kappa shape index (κ1) is 27.6. The zero-order valence-corrected chi connectivity index (χ0v) is 26.5. The third kappa shape index (κ3) is 4.68. The van der Waals surface area contributed by atoms with Crippen LogP contribution < -0.4 is 5.32 Å². The van der Waals surface area contributed by atoms with Gasteiger partial charge in [-0.1, -0.05) is 133 Å². The van der Waals surface area contributed by atoms with Gasteiger partial charge in [0.2, 0.25) is 0 Å². The summed E-state index contributed by atoms with van der Waals surface area (Å²) in [4.78, 5) is 10.4. The molecule has 1 unspecified atom stereocenters. The van der Waals surface area contributed by atoms with Crippen LogP contribution in [0.5, 0.6) is 0 Å². The van der Waals surface area contributed by atoms with Crippen molar-refractivity contribution in [2.75, 3.05) is 0 Å². The maximum Gasteiger partial charge on any atom is 0.169 e. The van der Waals surface area contributed by atoms with Crippen molar-refractivity contribution < 1.29 is 4.42 Å². The van der Waals surface area contributed by atoms with E-state index in [4.69, 9.17) is 14.4 Å². The highest BCUT2D eigenvalue weighted by Crippen LogP contribution is 2.38. The van der Waals surface area contributed by atoms with Gasteiger partial charge < -0.3 is 9.73 Å². The number of furan rings is 1. The minimum atomic E-state index is -0.398. The van der Waals surface area contributed by atoms with Crippen LogP contribution in [0.15, 0.2) is 178 Å². The third-order valence-corrected chi connectivity index (χ3v) is 9.68. The van der Waals surface area contributed by atoms with Gasteiger partial charge in [-0.3, -0.25) is 0 Å². The Kier molecular flexibility index (Phi) is 6.21. The minimum Gasteiger partial charge on any atom is -0.456 e. The minimum absolute atomic E-state index is 0.398. The summed E-state index contributed by atoms with van der Waals surface area (Å²) in [6.45, 7) is 0. The van der Waals surface area contributed by atoms with Gasteiger partial charge in [0.1, 0.15) is 22.8 Å². The Bertz CT molecular complexity index is 2810. The van der Waals surface area contributed by atoms with Crippen LogP contribution in [0.2, 0.25) is 0 Å². The standard InChI is InChI=1S/C45H29N3O/c1-2-10-30(11-3-1)43-46-44(48-45(47-43)35-23-19-29-18-17-28-9-4-5-12-36(28)39(29)27-35)34-24-21-31-25-33(22-20-32(31)26-34)37-14-8-16-41-42(37)38-13-6-7-15-40(38)49-41/h1-27,44H,(H,46,47,48). The van der Waals surface area contributed by atoms with Crippen LogP contribution >= 0.6 is 0 Å². The Morgan fingerprint density at radius 2 is 1.08 bits per heavy atom. The number of hydrogen-bond donors (Lipinski definition) is 1. The molecule has 49 heavy (non-hydrogen) atoms. The number of benzene rings is 8. The lowest BCUT2D eigenvalue weighted by atomic mass is 9.96. The highest BCUT2D eigenvalue weighted by atomic mass is 16.3. The highest BCUT2D eigenvalue weighted by molar-refractivity contribution is 6.18. The molecule has 1 atom stereocenters. The highest BCUT2D eigenvalue weighted by Gasteiger charge is 2.21. The predicted octanol–water partition coefficient (Wildman–Crippen LogP) is 11.2. The van der Waals surface area contributed by atoms with Crippen molar-refractivity contribution in [3.05, 3.63) is 180 Å². The average molecular weight is 628 g/mol. The van der Waals surface area contributed by atoms with E-state index in [0.717, 1.165) is 66.6 Å². The molecule has 8 aromatic carbocycles. The first-order valence-electron chi connectivity index (χ1n) is 16.6. The van der Waals surface area contributed by atoms with E-state index in [1.54, 1.807) is 0 Å². The molecule has 0 bridgehead atoms. The molecule has 1 aliphatic rings. The summed E-state index contributed by atoms with van der Waals surface area (Å²) in [6, 6.07) is 57.6. The van der Waals surface area contributed by atoms with Gasteiger partial charge in [-0.25, -0.2) is 9.98 Å². The number of nitrogens with zero attached hydrogens (tertiary/aromatic N) is 2. The number of amidine groups is 2. The van der Waals surface area contributed by atoms with Gasteiger partial charge in [-0.15, -0.1) is 0 Å². The van der Waals surface area contributed by atoms with E-state index in [1.807, 2.05) is 36.4 Å². The molecule has 0 amide bonds. The lowest BCUT2D eigenvalue weighted by Gasteiger charge is -2.23. The Morgan fingerprint density at radius 1 is 0.429 bits per heavy atom. The fourth-order valence-corrected chi connectivity index (χ4v) is 7.25. The number of para-hydroxylation sites is 1. The molecule has 10 rings (SSSR count). The van der Waals surface area contributed by atoms with E-state index in [1.165, 1.54) is 27.1 Å². The number of rotatable bonds is 4. The molecule has 0 aliphatic carbocycles. The van der Waals surface area contributed by atoms with Gasteiger partial charge in [-0.05, 0) is 79.3 Å². The maximum absolute atomic E-state index is 6.18. The molecular formula is C45H29N3O. The lowest BCUT2D eigenvalue weighted by molar-refractivity contribution is 0.669. The summed E-state index contributed by atoms with van der Waals surface area (Å²) in [5.41, 5.74) is 7.24. The van der Waals surface area contributed by atoms with Gasteiger partial charge in [0.25, 0.3) is 0 Å². The normalized spacial score (nSPS) is 14.7. The topological polar surface area (TPSA) is 49.9 Å². The largest absolute Gasteiger partial charge is 0.456 e. The second-order valence-corrected chi connectivity index (χ2v) is 12.6. The SMILES string of the molecule is c1ccc(C2=NC(c3ccc4cc(-c5cccc6oc7ccccc7c56)ccc4c3)N=C(c3ccc4ccc5ccccc5c4c3)N2)cc1. The van der Waals surface area contributed by atoms with Crippen LogP contribution in [-0.2, 0) is 0 Å². The molecule has 0 fully saturated rings. The van der Waals surface area contributed by atoms with Crippen molar-refractivity contribution in [1.29, 1.82) is 0 Å². The molecule has 1 N–H and O–H groups in total. The smallest absolute Gasteiger partial charge is 0.169 e. The average Bonchev–Trinajstić information content (AvgIpc) is 3.56. The molecule has 230 valence electrons. The lowest BCUT2D eigenvalue weighted by Crippen LogP contribution is -2.36. The number of nitrogens with one attached hydrogen (secondary N) is 1. The molecule has 2 heterocycles. The Labute approximate surface area is 282 Å². The zero-order chi connectivity index (χ0) is 32.3. The van der Waals surface area contributed by atoms with Crippen molar-refractivity contribution in [3.8, 4) is 11.1 Å². The molecule has 0 spiro atoms. The van der Waals surface area contributed by atoms with Crippen LogP contribution in [0.25, 0.3) is 65.4 Å². The molecule has 4 nitrogen and oxygen atoms in total. The summed E-state index contributed by atoms with van der Waals surface area (Å²) < 4.78 is 6.18. The van der Waals surface area contributed by atoms with Gasteiger partial charge in [0, 0.05) is 21.9 Å². The quantitative estimate of drug-likeness (QED) is 0.197. The summed E-state index contributed by atoms with van der Waals surface area (Å²) in [7, 11) is 0. The van der Waals surface area contributed by atoms with E-state index < -0.39 is 6.17 Å². The molecule has 1 aliphatic heterocycles. The molecule has 9 aromatic rings. The van der Waals surface area contributed by atoms with Crippen LogP contribution in [-0.4, -0.2) is 11.7 Å². The van der Waals surface area contributed by atoms with Crippen molar-refractivity contribution in [3.63, 3.8) is 0 Å². The van der Waals surface area contributed by atoms with E-state index in [9.17, 15) is 0 Å². The number of hydrogen-bond acceptors (Lipinski definition) is 4. The van der Waals surface area contributed by atoms with E-state index >= 15 is 0 Å². The molecule has 4 heteroatoms. The second-order valence-electron chi connectivity index (χ2n) is 12.6. The number of fused-ring (bicyclic) bond motifs is 7. The Morgan fingerprint density at radius 3 is 1.98 bits per heavy atom. The van der Waals surface area contributed by atoms with Crippen molar-refractivity contribution in [2.45, 2.75) is 6.17 Å². The zero-order valence-electron chi connectivity index (χ0n) is 26.5. The summed E-state index contributed by atoms with van der Waals surface area (Å²) in [5, 5.41) is 13.0. The van der Waals surface area contributed by atoms with Gasteiger partial charge in [0.05, 0.1) is 0 Å². The van der Waals surface area contributed by atoms with E-state index in [0.29, 0.717) is 0 Å². The summed E-state index contributed by atoms with van der Waals surface area (Å²) in [5.74, 6) is 1.62. The first-order chi connectivity index (χ1) is 24.2. The third-order valence-electron chi connectivity index (χ3n) is 9.68. The summed E-state index contributed by atoms with van der Waals surface area (Å²) >= 11 is 0. The van der Waals surface area contributed by atoms with Crippen LogP contribution in [0.4, 0.5) is 0 Å². The maximum atomic E-state index is 6.18. The monoisotopic (exact) mass is 627 g/mol. The molecular weight excluding hydrogens is 599 g/mol. The Balaban J connectivity index is 1.07. The van der Waals surface area contributed by atoms with Crippen molar-refractivity contribution >= 4 is 65.9 Å². The first-order valence-corrected chi connectivity index (χ1v) is 16.6. The fourth-order valence-electron chi connectivity index (χ4n) is 7.25. The fraction of sp³-hybridized carbons (Fsp3) is 0.0222.